The number of hydrogen-bond acceptors (Lipinski definition) is 8. The minimum Gasteiger partial charge on any atom is -0.444 e. The SMILES string of the molecule is CC(F)C[C@@H]1CCCN1C(=O)OC(C)(C)C.CC(F)C[C@@H]1CCCN1C1CCNCC1C.O=C=O.O=C=O. The second kappa shape index (κ2) is 19.0. The molecule has 9 nitrogen and oxygen atoms in total. The van der Waals surface area contributed by atoms with Crippen LogP contribution in [0.25, 0.3) is 0 Å². The molecule has 3 aliphatic rings. The van der Waals surface area contributed by atoms with Gasteiger partial charge in [0, 0.05) is 24.7 Å². The molecule has 11 heteroatoms. The largest absolute Gasteiger partial charge is 0.444 e. The Balaban J connectivity index is 0.000000597. The Morgan fingerprint density at radius 3 is 1.95 bits per heavy atom. The van der Waals surface area contributed by atoms with Crippen LogP contribution in [0.2, 0.25) is 0 Å². The Bertz CT molecular complexity index is 723. The van der Waals surface area contributed by atoms with E-state index in [9.17, 15) is 13.6 Å². The number of carbonyl (C=O) groups excluding carboxylic acids is 5. The van der Waals surface area contributed by atoms with Gasteiger partial charge in [-0.25, -0.2) is 13.6 Å². The van der Waals surface area contributed by atoms with Crippen molar-refractivity contribution in [3.05, 3.63) is 0 Å². The summed E-state index contributed by atoms with van der Waals surface area (Å²) < 4.78 is 31.4. The van der Waals surface area contributed by atoms with Gasteiger partial charge in [-0.15, -0.1) is 0 Å². The number of ether oxygens (including phenoxy) is 1. The van der Waals surface area contributed by atoms with Crippen molar-refractivity contribution in [1.82, 2.24) is 15.1 Å². The molecule has 1 N–H and O–H groups in total. The van der Waals surface area contributed by atoms with E-state index in [4.69, 9.17) is 23.9 Å². The predicted octanol–water partition coefficient (Wildman–Crippen LogP) is 4.16. The van der Waals surface area contributed by atoms with Crippen molar-refractivity contribution in [2.24, 2.45) is 5.92 Å². The zero-order valence-corrected chi connectivity index (χ0v) is 23.8. The molecule has 0 aromatic rings. The van der Waals surface area contributed by atoms with Crippen LogP contribution in [0, 0.1) is 5.92 Å². The third-order valence-electron chi connectivity index (χ3n) is 6.79. The van der Waals surface area contributed by atoms with E-state index in [1.54, 1.807) is 11.8 Å². The fourth-order valence-electron chi connectivity index (χ4n) is 5.43. The van der Waals surface area contributed by atoms with Crippen LogP contribution in [0.4, 0.5) is 13.6 Å². The lowest BCUT2D eigenvalue weighted by atomic mass is 9.92. The van der Waals surface area contributed by atoms with Gasteiger partial charge in [0.25, 0.3) is 0 Å². The summed E-state index contributed by atoms with van der Waals surface area (Å²) in [6.45, 7) is 15.2. The van der Waals surface area contributed by atoms with E-state index in [1.165, 1.54) is 32.7 Å². The third-order valence-corrected chi connectivity index (χ3v) is 6.79. The normalized spacial score (nSPS) is 26.6. The lowest BCUT2D eigenvalue weighted by Crippen LogP contribution is -2.50. The summed E-state index contributed by atoms with van der Waals surface area (Å²) in [5.74, 6) is 0.712. The number of rotatable bonds is 5. The molecule has 3 aliphatic heterocycles. The Morgan fingerprint density at radius 2 is 1.45 bits per heavy atom. The summed E-state index contributed by atoms with van der Waals surface area (Å²) in [5, 5.41) is 3.44. The molecule has 3 heterocycles. The molecular formula is C27H47F2N3O6. The second-order valence-corrected chi connectivity index (χ2v) is 11.2. The number of carbonyl (C=O) groups is 1. The van der Waals surface area contributed by atoms with Crippen molar-refractivity contribution in [2.45, 2.75) is 123 Å². The smallest absolute Gasteiger partial charge is 0.410 e. The lowest BCUT2D eigenvalue weighted by molar-refractivity contribution is -0.193. The molecule has 0 bridgehead atoms. The van der Waals surface area contributed by atoms with Gasteiger partial charge in [-0.05, 0) is 105 Å². The fraction of sp³-hybridized carbons (Fsp3) is 0.889. The molecule has 3 saturated heterocycles. The van der Waals surface area contributed by atoms with Crippen LogP contribution in [0.5, 0.6) is 0 Å². The van der Waals surface area contributed by atoms with Crippen LogP contribution in [-0.4, -0.2) is 90.4 Å². The minimum atomic E-state index is -0.868. The summed E-state index contributed by atoms with van der Waals surface area (Å²) in [7, 11) is 0. The molecule has 0 radical (unpaired) electrons. The zero-order chi connectivity index (χ0) is 29.3. The summed E-state index contributed by atoms with van der Waals surface area (Å²) in [4.78, 5) is 48.6. The maximum Gasteiger partial charge on any atom is 0.410 e. The van der Waals surface area contributed by atoms with Crippen LogP contribution < -0.4 is 5.32 Å². The van der Waals surface area contributed by atoms with Crippen LogP contribution in [0.15, 0.2) is 0 Å². The fourth-order valence-corrected chi connectivity index (χ4v) is 5.43. The quantitative estimate of drug-likeness (QED) is 0.546. The van der Waals surface area contributed by atoms with Crippen molar-refractivity contribution in [1.29, 1.82) is 0 Å². The first kappa shape index (κ1) is 35.8. The molecule has 3 rings (SSSR count). The number of nitrogens with zero attached hydrogens (tertiary/aromatic N) is 2. The number of hydrogen-bond donors (Lipinski definition) is 1. The number of likely N-dealkylation sites (tertiary alicyclic amines) is 2. The van der Waals surface area contributed by atoms with Crippen molar-refractivity contribution in [2.75, 3.05) is 26.2 Å². The third kappa shape index (κ3) is 14.7. The number of halogens is 2. The summed E-state index contributed by atoms with van der Waals surface area (Å²) >= 11 is 0. The van der Waals surface area contributed by atoms with Crippen LogP contribution in [0.3, 0.4) is 0 Å². The van der Waals surface area contributed by atoms with Crippen LogP contribution >= 0.6 is 0 Å². The maximum absolute atomic E-state index is 13.2. The van der Waals surface area contributed by atoms with E-state index in [2.05, 4.69) is 17.1 Å². The first-order valence-corrected chi connectivity index (χ1v) is 13.5. The molecule has 0 aliphatic carbocycles. The topological polar surface area (TPSA) is 113 Å². The lowest BCUT2D eigenvalue weighted by Gasteiger charge is -2.40. The van der Waals surface area contributed by atoms with Crippen molar-refractivity contribution >= 4 is 18.4 Å². The van der Waals surface area contributed by atoms with E-state index in [0.29, 0.717) is 31.0 Å². The van der Waals surface area contributed by atoms with Gasteiger partial charge in [-0.3, -0.25) is 4.90 Å². The zero-order valence-electron chi connectivity index (χ0n) is 23.8. The number of alkyl halides is 2. The van der Waals surface area contributed by atoms with Crippen molar-refractivity contribution < 1.29 is 37.5 Å². The molecular weight excluding hydrogens is 500 g/mol. The first-order chi connectivity index (χ1) is 17.8. The van der Waals surface area contributed by atoms with E-state index in [0.717, 1.165) is 32.4 Å². The van der Waals surface area contributed by atoms with Crippen LogP contribution in [0.1, 0.15) is 86.5 Å². The molecule has 0 aromatic heterocycles. The highest BCUT2D eigenvalue weighted by molar-refractivity contribution is 5.68. The molecule has 0 aromatic carbocycles. The van der Waals surface area contributed by atoms with Crippen LogP contribution in [-0.2, 0) is 23.9 Å². The number of piperidine rings is 1. The molecule has 0 spiro atoms. The van der Waals surface area contributed by atoms with Gasteiger partial charge in [0.05, 0.1) is 12.3 Å². The van der Waals surface area contributed by atoms with Gasteiger partial charge in [-0.2, -0.15) is 19.2 Å². The molecule has 6 atom stereocenters. The predicted molar refractivity (Wildman–Crippen MR) is 137 cm³/mol. The van der Waals surface area contributed by atoms with Crippen molar-refractivity contribution in [3.63, 3.8) is 0 Å². The molecule has 38 heavy (non-hydrogen) atoms. The van der Waals surface area contributed by atoms with Gasteiger partial charge >= 0.3 is 18.4 Å². The van der Waals surface area contributed by atoms with Gasteiger partial charge in [0.1, 0.15) is 5.60 Å². The first-order valence-electron chi connectivity index (χ1n) is 13.5. The molecule has 220 valence electrons. The highest BCUT2D eigenvalue weighted by Gasteiger charge is 2.35. The minimum absolute atomic E-state index is 0.00912. The van der Waals surface area contributed by atoms with E-state index in [-0.39, 0.29) is 24.4 Å². The molecule has 4 unspecified atom stereocenters. The summed E-state index contributed by atoms with van der Waals surface area (Å²) in [6, 6.07) is 1.20. The standard InChI is InChI=1S/C13H25FN2.C12H22FNO2.2CO2/c1-10-9-15-6-5-13(10)16-7-3-4-12(16)8-11(2)14;1-9(13)8-10-6-5-7-14(10)11(15)16-12(2,3)4;2*2-1-3/h10-13,15H,3-9H2,1-2H3;9-10H,5-8H2,1-4H3;;/t10?,11?,12-,13?;9?,10-;;/m00../s1. The van der Waals surface area contributed by atoms with Gasteiger partial charge < -0.3 is 15.0 Å². The Labute approximate surface area is 226 Å². The number of amides is 1. The average Bonchev–Trinajstić information content (AvgIpc) is 3.43. The second-order valence-electron chi connectivity index (χ2n) is 11.2. The monoisotopic (exact) mass is 547 g/mol. The average molecular weight is 548 g/mol. The van der Waals surface area contributed by atoms with Crippen molar-refractivity contribution in [3.8, 4) is 0 Å². The Hall–Kier alpha value is -2.19. The molecule has 0 saturated carbocycles. The Morgan fingerprint density at radius 1 is 0.947 bits per heavy atom. The van der Waals surface area contributed by atoms with Gasteiger partial charge in [-0.1, -0.05) is 6.92 Å². The van der Waals surface area contributed by atoms with Gasteiger partial charge in [0.15, 0.2) is 0 Å². The highest BCUT2D eigenvalue weighted by Crippen LogP contribution is 2.30. The van der Waals surface area contributed by atoms with E-state index >= 15 is 0 Å². The van der Waals surface area contributed by atoms with Gasteiger partial charge in [0.2, 0.25) is 0 Å². The molecule has 3 fully saturated rings. The Kier molecular flexibility index (Phi) is 17.9. The maximum atomic E-state index is 13.2. The highest BCUT2D eigenvalue weighted by atomic mass is 19.1. The molecule has 1 amide bonds. The van der Waals surface area contributed by atoms with E-state index < -0.39 is 17.9 Å². The number of nitrogens with one attached hydrogen (secondary N) is 1. The van der Waals surface area contributed by atoms with E-state index in [1.807, 2.05) is 20.8 Å². The summed E-state index contributed by atoms with van der Waals surface area (Å²) in [6.07, 6.45) is 5.34. The summed E-state index contributed by atoms with van der Waals surface area (Å²) in [5.41, 5.74) is -0.481.